The Kier molecular flexibility index (Phi) is 7.24. The van der Waals surface area contributed by atoms with Crippen LogP contribution in [0.3, 0.4) is 0 Å². The fourth-order valence-corrected chi connectivity index (χ4v) is 10.0. The third-order valence-electron chi connectivity index (χ3n) is 11.1. The largest absolute Gasteiger partial charge is 0.461 e. The summed E-state index contributed by atoms with van der Waals surface area (Å²) in [6.45, 7) is -2.26. The summed E-state index contributed by atoms with van der Waals surface area (Å²) in [5, 5.41) is 15.0. The molecule has 8 fully saturated rings. The predicted octanol–water partition coefficient (Wildman–Crippen LogP) is 2.91. The first kappa shape index (κ1) is 30.5. The zero-order valence-electron chi connectivity index (χ0n) is 22.8. The molecule has 0 saturated heterocycles. The van der Waals surface area contributed by atoms with E-state index in [1.54, 1.807) is 0 Å². The molecule has 8 aliphatic rings. The third-order valence-corrected chi connectivity index (χ3v) is 12.0. The van der Waals surface area contributed by atoms with Crippen molar-refractivity contribution in [2.24, 2.45) is 46.3 Å². The summed E-state index contributed by atoms with van der Waals surface area (Å²) in [4.78, 5) is 26.8. The molecule has 0 spiro atoms. The highest BCUT2D eigenvalue weighted by Gasteiger charge is 2.68. The minimum Gasteiger partial charge on any atom is -0.461 e. The molecule has 0 aromatic carbocycles. The molecule has 0 radical (unpaired) electrons. The van der Waals surface area contributed by atoms with Gasteiger partial charge in [-0.05, 0) is 99.7 Å². The van der Waals surface area contributed by atoms with Crippen molar-refractivity contribution >= 4 is 22.1 Å². The van der Waals surface area contributed by atoms with Crippen LogP contribution >= 0.6 is 0 Å². The Morgan fingerprint density at radius 2 is 1.19 bits per heavy atom. The van der Waals surface area contributed by atoms with Gasteiger partial charge in [0.2, 0.25) is 0 Å². The van der Waals surface area contributed by atoms with Crippen molar-refractivity contribution in [2.45, 2.75) is 93.9 Å². The summed E-state index contributed by atoms with van der Waals surface area (Å²) in [6.07, 6.45) is -3.15. The van der Waals surface area contributed by atoms with Crippen LogP contribution in [-0.4, -0.2) is 78.0 Å². The van der Waals surface area contributed by atoms with Crippen molar-refractivity contribution in [3.63, 3.8) is 0 Å². The number of aliphatic hydroxyl groups is 2. The van der Waals surface area contributed by atoms with Crippen molar-refractivity contribution in [1.29, 1.82) is 0 Å². The monoisotopic (exact) mass is 628 g/mol. The average molecular weight is 629 g/mol. The normalized spacial score (nSPS) is 42.9. The highest BCUT2D eigenvalue weighted by molar-refractivity contribution is 7.86. The maximum atomic E-state index is 14.2. The van der Waals surface area contributed by atoms with E-state index in [1.807, 2.05) is 0 Å². The fourth-order valence-electron chi connectivity index (χ4n) is 9.64. The van der Waals surface area contributed by atoms with Gasteiger partial charge in [-0.1, -0.05) is 0 Å². The molecule has 0 aromatic rings. The lowest BCUT2D eigenvalue weighted by molar-refractivity contribution is -0.325. The van der Waals surface area contributed by atoms with Crippen LogP contribution in [0, 0.1) is 46.3 Å². The summed E-state index contributed by atoms with van der Waals surface area (Å²) in [7, 11) is -6.57. The Labute approximate surface area is 240 Å². The zero-order valence-corrected chi connectivity index (χ0v) is 23.6. The van der Waals surface area contributed by atoms with Crippen LogP contribution in [0.25, 0.3) is 0 Å². The molecule has 8 rings (SSSR count). The van der Waals surface area contributed by atoms with Crippen LogP contribution in [-0.2, 0) is 33.9 Å². The molecule has 5 unspecified atom stereocenters. The number of hydrogen-bond acceptors (Lipinski definition) is 9. The Morgan fingerprint density at radius 3 is 1.62 bits per heavy atom. The molecule has 0 aliphatic heterocycles. The Hall–Kier alpha value is -1.55. The molecular formula is C27H36F4O10S. The van der Waals surface area contributed by atoms with Crippen LogP contribution in [0.4, 0.5) is 17.6 Å². The molecule has 238 valence electrons. The molecule has 8 bridgehead atoms. The Morgan fingerprint density at radius 1 is 0.762 bits per heavy atom. The standard InChI is InChI=1S/C27H36F4O10S/c28-26(29,27(30,31)42(36,37)38)40-12-19(41-23(35)25-6-14-3-17(9-25)21(33)18(4-14)10-25)11-39-22(34)24-5-13-1-15(7-24)20(32)16(2-13)8-24/h13-21,32-33H,1-12H2,(H,36,37,38). The van der Waals surface area contributed by atoms with Gasteiger partial charge in [0.05, 0.1) is 29.6 Å². The van der Waals surface area contributed by atoms with Gasteiger partial charge in [0.25, 0.3) is 0 Å². The van der Waals surface area contributed by atoms with E-state index in [0.29, 0.717) is 38.5 Å². The number of halogens is 4. The first-order valence-electron chi connectivity index (χ1n) is 14.6. The Balaban J connectivity index is 1.17. The number of hydrogen-bond donors (Lipinski definition) is 3. The van der Waals surface area contributed by atoms with E-state index in [1.165, 1.54) is 0 Å². The number of esters is 2. The number of ether oxygens (including phenoxy) is 3. The summed E-state index contributed by atoms with van der Waals surface area (Å²) in [5.41, 5.74) is -1.92. The topological polar surface area (TPSA) is 157 Å². The molecule has 10 nitrogen and oxygen atoms in total. The molecule has 42 heavy (non-hydrogen) atoms. The van der Waals surface area contributed by atoms with Crippen LogP contribution in [0.5, 0.6) is 0 Å². The second-order valence-corrected chi connectivity index (χ2v) is 15.4. The number of carbonyl (C=O) groups is 2. The van der Waals surface area contributed by atoms with Crippen LogP contribution < -0.4 is 0 Å². The molecule has 8 saturated carbocycles. The van der Waals surface area contributed by atoms with Crippen LogP contribution in [0.15, 0.2) is 0 Å². The van der Waals surface area contributed by atoms with E-state index in [0.717, 1.165) is 25.7 Å². The quantitative estimate of drug-likeness (QED) is 0.187. The van der Waals surface area contributed by atoms with Crippen molar-refractivity contribution in [2.75, 3.05) is 13.2 Å². The van der Waals surface area contributed by atoms with Crippen molar-refractivity contribution in [3.05, 3.63) is 0 Å². The van der Waals surface area contributed by atoms with Gasteiger partial charge in [0, 0.05) is 0 Å². The molecule has 0 aromatic heterocycles. The smallest absolute Gasteiger partial charge is 0.459 e. The molecule has 5 atom stereocenters. The van der Waals surface area contributed by atoms with Crippen molar-refractivity contribution < 1.29 is 64.5 Å². The number of alkyl halides is 4. The Bertz CT molecular complexity index is 1200. The maximum Gasteiger partial charge on any atom is 0.459 e. The fraction of sp³-hybridized carbons (Fsp3) is 0.926. The number of rotatable bonds is 10. The molecular weight excluding hydrogens is 592 g/mol. The van der Waals surface area contributed by atoms with Gasteiger partial charge in [-0.25, -0.2) is 0 Å². The molecule has 0 heterocycles. The highest BCUT2D eigenvalue weighted by Crippen LogP contribution is 2.62. The van der Waals surface area contributed by atoms with Gasteiger partial charge in [-0.15, -0.1) is 0 Å². The van der Waals surface area contributed by atoms with Crippen LogP contribution in [0.2, 0.25) is 0 Å². The molecule has 8 aliphatic carbocycles. The summed E-state index contributed by atoms with van der Waals surface area (Å²) in [6, 6.07) is 0. The van der Waals surface area contributed by atoms with Gasteiger partial charge < -0.3 is 24.4 Å². The molecule has 15 heteroatoms. The van der Waals surface area contributed by atoms with Gasteiger partial charge in [0.15, 0.2) is 6.10 Å². The predicted molar refractivity (Wildman–Crippen MR) is 132 cm³/mol. The van der Waals surface area contributed by atoms with Gasteiger partial charge in [0.1, 0.15) is 6.61 Å². The van der Waals surface area contributed by atoms with E-state index in [2.05, 4.69) is 4.74 Å². The minimum atomic E-state index is -6.57. The van der Waals surface area contributed by atoms with Gasteiger partial charge in [-0.3, -0.25) is 14.1 Å². The van der Waals surface area contributed by atoms with E-state index < -0.39 is 75.8 Å². The maximum absolute atomic E-state index is 14.2. The summed E-state index contributed by atoms with van der Waals surface area (Å²) < 4.78 is 101. The lowest BCUT2D eigenvalue weighted by Crippen LogP contribution is -2.57. The second-order valence-electron chi connectivity index (χ2n) is 13.9. The summed E-state index contributed by atoms with van der Waals surface area (Å²) >= 11 is 0. The number of aliphatic hydroxyl groups excluding tert-OH is 2. The van der Waals surface area contributed by atoms with Crippen molar-refractivity contribution in [3.8, 4) is 0 Å². The van der Waals surface area contributed by atoms with Gasteiger partial charge >= 0.3 is 33.4 Å². The summed E-state index contributed by atoms with van der Waals surface area (Å²) in [5.74, 6) is -1.51. The lowest BCUT2D eigenvalue weighted by atomic mass is 9.48. The SMILES string of the molecule is O=C(OCC(COC(F)(F)C(F)(F)S(=O)(=O)O)OC(=O)C12CC3CC(C1)C(O)C(C3)C2)C12CC3CC(C1)C(O)C(C3)C2. The zero-order chi connectivity index (χ0) is 30.5. The van der Waals surface area contributed by atoms with E-state index in [9.17, 15) is 45.8 Å². The first-order chi connectivity index (χ1) is 19.5. The average Bonchev–Trinajstić information content (AvgIpc) is 2.89. The van der Waals surface area contributed by atoms with Crippen molar-refractivity contribution in [1.82, 2.24) is 0 Å². The number of carbonyl (C=O) groups excluding carboxylic acids is 2. The first-order valence-corrected chi connectivity index (χ1v) is 16.0. The van der Waals surface area contributed by atoms with E-state index in [4.69, 9.17) is 14.0 Å². The molecule has 0 amide bonds. The molecule has 3 N–H and O–H groups in total. The van der Waals surface area contributed by atoms with Gasteiger partial charge in [-0.2, -0.15) is 26.0 Å². The lowest BCUT2D eigenvalue weighted by Gasteiger charge is -2.57. The minimum absolute atomic E-state index is 0.0754. The highest BCUT2D eigenvalue weighted by atomic mass is 32.2. The third kappa shape index (κ3) is 4.85. The second kappa shape index (κ2) is 9.98. The van der Waals surface area contributed by atoms with E-state index >= 15 is 0 Å². The van der Waals surface area contributed by atoms with Crippen LogP contribution in [0.1, 0.15) is 64.2 Å². The van der Waals surface area contributed by atoms with E-state index in [-0.39, 0.29) is 35.5 Å².